The van der Waals surface area contributed by atoms with E-state index in [1.54, 1.807) is 25.1 Å². The summed E-state index contributed by atoms with van der Waals surface area (Å²) in [5, 5.41) is 11.3. The van der Waals surface area contributed by atoms with Crippen molar-refractivity contribution in [3.63, 3.8) is 0 Å². The molecule has 0 aromatic heterocycles. The Bertz CT molecular complexity index is 401. The van der Waals surface area contributed by atoms with Crippen molar-refractivity contribution in [2.75, 3.05) is 0 Å². The molecule has 1 aromatic carbocycles. The predicted octanol–water partition coefficient (Wildman–Crippen LogP) is 1.59. The van der Waals surface area contributed by atoms with Crippen molar-refractivity contribution in [3.05, 3.63) is 35.4 Å². The fourth-order valence-electron chi connectivity index (χ4n) is 1.37. The van der Waals surface area contributed by atoms with Crippen LogP contribution in [0, 0.1) is 6.92 Å². The summed E-state index contributed by atoms with van der Waals surface area (Å²) in [6.45, 7) is 3.60. The fourth-order valence-corrected chi connectivity index (χ4v) is 1.37. The summed E-state index contributed by atoms with van der Waals surface area (Å²) < 4.78 is 0. The lowest BCUT2D eigenvalue weighted by Gasteiger charge is -2.12. The Hall–Kier alpha value is -1.84. The molecule has 0 aliphatic heterocycles. The van der Waals surface area contributed by atoms with Gasteiger partial charge in [-0.15, -0.1) is 0 Å². The van der Waals surface area contributed by atoms with E-state index in [1.165, 1.54) is 0 Å². The maximum Gasteiger partial charge on any atom is 0.326 e. The first-order chi connectivity index (χ1) is 7.54. The number of carboxylic acid groups (broad SMARTS) is 1. The third-order valence-electron chi connectivity index (χ3n) is 2.29. The van der Waals surface area contributed by atoms with Crippen LogP contribution in [0.15, 0.2) is 24.3 Å². The summed E-state index contributed by atoms with van der Waals surface area (Å²) in [5.74, 6) is -1.36. The van der Waals surface area contributed by atoms with Crippen LogP contribution in [0.2, 0.25) is 0 Å². The van der Waals surface area contributed by atoms with Gasteiger partial charge in [0.2, 0.25) is 0 Å². The number of benzene rings is 1. The quantitative estimate of drug-likeness (QED) is 0.811. The minimum Gasteiger partial charge on any atom is -0.480 e. The van der Waals surface area contributed by atoms with E-state index >= 15 is 0 Å². The summed E-state index contributed by atoms with van der Waals surface area (Å²) in [5.41, 5.74) is 1.45. The van der Waals surface area contributed by atoms with Gasteiger partial charge in [-0.05, 0) is 25.5 Å². The third kappa shape index (κ3) is 3.08. The molecule has 86 valence electrons. The van der Waals surface area contributed by atoms with Gasteiger partial charge in [0.05, 0.1) is 0 Å². The summed E-state index contributed by atoms with van der Waals surface area (Å²) in [6.07, 6.45) is 0.368. The molecule has 0 spiro atoms. The number of carbonyl (C=O) groups excluding carboxylic acids is 1. The van der Waals surface area contributed by atoms with Crippen molar-refractivity contribution in [1.82, 2.24) is 5.32 Å². The normalized spacial score (nSPS) is 11.9. The molecule has 4 nitrogen and oxygen atoms in total. The van der Waals surface area contributed by atoms with Crippen LogP contribution >= 0.6 is 0 Å². The van der Waals surface area contributed by atoms with Crippen molar-refractivity contribution in [3.8, 4) is 0 Å². The van der Waals surface area contributed by atoms with Gasteiger partial charge < -0.3 is 10.4 Å². The molecule has 0 saturated heterocycles. The van der Waals surface area contributed by atoms with Gasteiger partial charge in [-0.3, -0.25) is 4.79 Å². The number of carbonyl (C=O) groups is 2. The Morgan fingerprint density at radius 2 is 2.12 bits per heavy atom. The molecule has 0 unspecified atom stereocenters. The van der Waals surface area contributed by atoms with Crippen molar-refractivity contribution in [2.24, 2.45) is 0 Å². The van der Waals surface area contributed by atoms with Crippen LogP contribution in [0.5, 0.6) is 0 Å². The van der Waals surface area contributed by atoms with Crippen LogP contribution in [0.25, 0.3) is 0 Å². The Kier molecular flexibility index (Phi) is 4.05. The van der Waals surface area contributed by atoms with E-state index in [4.69, 9.17) is 5.11 Å². The zero-order valence-electron chi connectivity index (χ0n) is 9.36. The van der Waals surface area contributed by atoms with E-state index in [0.717, 1.165) is 5.56 Å². The fraction of sp³-hybridized carbons (Fsp3) is 0.333. The average Bonchev–Trinajstić information content (AvgIpc) is 2.25. The highest BCUT2D eigenvalue weighted by atomic mass is 16.4. The van der Waals surface area contributed by atoms with E-state index in [-0.39, 0.29) is 5.91 Å². The van der Waals surface area contributed by atoms with Crippen LogP contribution in [-0.2, 0) is 4.79 Å². The zero-order chi connectivity index (χ0) is 12.1. The first-order valence-corrected chi connectivity index (χ1v) is 5.15. The van der Waals surface area contributed by atoms with Crippen LogP contribution in [0.3, 0.4) is 0 Å². The van der Waals surface area contributed by atoms with E-state index in [9.17, 15) is 9.59 Å². The molecule has 1 rings (SSSR count). The van der Waals surface area contributed by atoms with Gasteiger partial charge in [-0.2, -0.15) is 0 Å². The van der Waals surface area contributed by atoms with Gasteiger partial charge in [0.1, 0.15) is 6.04 Å². The molecule has 0 heterocycles. The monoisotopic (exact) mass is 221 g/mol. The Labute approximate surface area is 94.3 Å². The SMILES string of the molecule is CC[C@H](NC(=O)c1cccc(C)c1)C(=O)O. The molecular formula is C12H15NO3. The van der Waals surface area contributed by atoms with Crippen LogP contribution in [0.1, 0.15) is 29.3 Å². The maximum absolute atomic E-state index is 11.7. The lowest BCUT2D eigenvalue weighted by Crippen LogP contribution is -2.40. The van der Waals surface area contributed by atoms with Gasteiger partial charge in [-0.1, -0.05) is 24.6 Å². The topological polar surface area (TPSA) is 66.4 Å². The van der Waals surface area contributed by atoms with Crippen LogP contribution in [-0.4, -0.2) is 23.0 Å². The molecule has 4 heteroatoms. The van der Waals surface area contributed by atoms with Gasteiger partial charge >= 0.3 is 5.97 Å². The molecule has 0 aliphatic rings. The molecule has 0 aliphatic carbocycles. The second kappa shape index (κ2) is 5.30. The van der Waals surface area contributed by atoms with Crippen molar-refractivity contribution in [1.29, 1.82) is 0 Å². The molecule has 0 fully saturated rings. The largest absolute Gasteiger partial charge is 0.480 e. The Morgan fingerprint density at radius 1 is 1.44 bits per heavy atom. The number of aliphatic carboxylic acids is 1. The smallest absolute Gasteiger partial charge is 0.326 e. The lowest BCUT2D eigenvalue weighted by atomic mass is 10.1. The van der Waals surface area contributed by atoms with E-state index in [2.05, 4.69) is 5.32 Å². The molecule has 16 heavy (non-hydrogen) atoms. The highest BCUT2D eigenvalue weighted by molar-refractivity contribution is 5.96. The molecule has 1 atom stereocenters. The predicted molar refractivity (Wildman–Crippen MR) is 60.4 cm³/mol. The zero-order valence-corrected chi connectivity index (χ0v) is 9.36. The number of hydrogen-bond acceptors (Lipinski definition) is 2. The van der Waals surface area contributed by atoms with Gasteiger partial charge in [0.25, 0.3) is 5.91 Å². The molecular weight excluding hydrogens is 206 g/mol. The van der Waals surface area contributed by atoms with Crippen molar-refractivity contribution in [2.45, 2.75) is 26.3 Å². The van der Waals surface area contributed by atoms with Crippen molar-refractivity contribution >= 4 is 11.9 Å². The molecule has 0 radical (unpaired) electrons. The molecule has 1 amide bonds. The first kappa shape index (κ1) is 12.2. The third-order valence-corrected chi connectivity index (χ3v) is 2.29. The number of aryl methyl sites for hydroxylation is 1. The first-order valence-electron chi connectivity index (χ1n) is 5.15. The highest BCUT2D eigenvalue weighted by Gasteiger charge is 2.18. The van der Waals surface area contributed by atoms with Crippen LogP contribution < -0.4 is 5.32 Å². The Balaban J connectivity index is 2.75. The standard InChI is InChI=1S/C12H15NO3/c1-3-10(12(15)16)13-11(14)9-6-4-5-8(2)7-9/h4-7,10H,3H2,1-2H3,(H,13,14)(H,15,16)/t10-/m0/s1. The van der Waals surface area contributed by atoms with E-state index < -0.39 is 12.0 Å². The second-order valence-corrected chi connectivity index (χ2v) is 3.64. The minimum absolute atomic E-state index is 0.349. The molecule has 1 aromatic rings. The van der Waals surface area contributed by atoms with Gasteiger partial charge in [0, 0.05) is 5.56 Å². The number of hydrogen-bond donors (Lipinski definition) is 2. The number of rotatable bonds is 4. The molecule has 0 bridgehead atoms. The van der Waals surface area contributed by atoms with Crippen molar-refractivity contribution < 1.29 is 14.7 Å². The van der Waals surface area contributed by atoms with E-state index in [0.29, 0.717) is 12.0 Å². The Morgan fingerprint density at radius 3 is 2.62 bits per heavy atom. The number of amides is 1. The summed E-state index contributed by atoms with van der Waals surface area (Å²) in [4.78, 5) is 22.4. The van der Waals surface area contributed by atoms with E-state index in [1.807, 2.05) is 13.0 Å². The number of nitrogens with one attached hydrogen (secondary N) is 1. The lowest BCUT2D eigenvalue weighted by molar-refractivity contribution is -0.139. The maximum atomic E-state index is 11.7. The summed E-state index contributed by atoms with van der Waals surface area (Å²) in [7, 11) is 0. The summed E-state index contributed by atoms with van der Waals surface area (Å²) >= 11 is 0. The average molecular weight is 221 g/mol. The molecule has 2 N–H and O–H groups in total. The van der Waals surface area contributed by atoms with Gasteiger partial charge in [0.15, 0.2) is 0 Å². The van der Waals surface area contributed by atoms with Gasteiger partial charge in [-0.25, -0.2) is 4.79 Å². The highest BCUT2D eigenvalue weighted by Crippen LogP contribution is 2.04. The van der Waals surface area contributed by atoms with Crippen LogP contribution in [0.4, 0.5) is 0 Å². The molecule has 0 saturated carbocycles. The number of carboxylic acids is 1. The summed E-state index contributed by atoms with van der Waals surface area (Å²) in [6, 6.07) is 6.21. The second-order valence-electron chi connectivity index (χ2n) is 3.64. The minimum atomic E-state index is -1.01.